The van der Waals surface area contributed by atoms with Crippen LogP contribution in [0, 0.1) is 22.7 Å². The molecule has 52 heavy (non-hydrogen) atoms. The highest BCUT2D eigenvalue weighted by Crippen LogP contribution is 2.59. The molecule has 2 aromatic carbocycles. The average molecular weight is 715 g/mol. The van der Waals surface area contributed by atoms with Crippen LogP contribution in [0.2, 0.25) is 0 Å². The van der Waals surface area contributed by atoms with Crippen molar-refractivity contribution in [1.29, 1.82) is 0 Å². The lowest BCUT2D eigenvalue weighted by Crippen LogP contribution is -2.60. The van der Waals surface area contributed by atoms with Gasteiger partial charge in [0.1, 0.15) is 11.8 Å². The normalized spacial score (nSPS) is 31.0. The van der Waals surface area contributed by atoms with Gasteiger partial charge >= 0.3 is 6.09 Å². The predicted octanol–water partition coefficient (Wildman–Crippen LogP) is 6.55. The number of aromatic hydroxyl groups is 1. The molecule has 6 rings (SSSR count). The van der Waals surface area contributed by atoms with E-state index >= 15 is 0 Å². The monoisotopic (exact) mass is 714 g/mol. The van der Waals surface area contributed by atoms with E-state index in [-0.39, 0.29) is 46.1 Å². The van der Waals surface area contributed by atoms with Crippen LogP contribution in [-0.2, 0) is 42.8 Å². The van der Waals surface area contributed by atoms with Gasteiger partial charge in [0.15, 0.2) is 0 Å². The lowest BCUT2D eigenvalue weighted by molar-refractivity contribution is -0.150. The van der Waals surface area contributed by atoms with E-state index in [1.54, 1.807) is 6.07 Å². The van der Waals surface area contributed by atoms with Crippen LogP contribution in [-0.4, -0.2) is 48.6 Å². The molecular weight excluding hydrogens is 656 g/mol. The first-order valence-electron chi connectivity index (χ1n) is 19.4. The Morgan fingerprint density at radius 2 is 1.38 bits per heavy atom. The van der Waals surface area contributed by atoms with Gasteiger partial charge in [0, 0.05) is 5.69 Å². The van der Waals surface area contributed by atoms with Crippen LogP contribution in [0.25, 0.3) is 0 Å². The maximum atomic E-state index is 14.5. The van der Waals surface area contributed by atoms with E-state index < -0.39 is 23.0 Å². The number of anilines is 1. The SMILES string of the molecule is COC(=O)N[C@@H](CCCCN)C(=O)Nc1ccc2c(c1)[C@@]1(C)CCC[C@](C)(C(=O)NC(=O)[C@@]3(C)CCC[C@]4(C)c5cc(O)ccc5CC[C@@H]34)[C@@H]1CC2. The van der Waals surface area contributed by atoms with Gasteiger partial charge in [-0.05, 0) is 146 Å². The molecule has 0 bridgehead atoms. The zero-order chi connectivity index (χ0) is 37.5. The third-order valence-electron chi connectivity index (χ3n) is 14.0. The lowest BCUT2D eigenvalue weighted by Gasteiger charge is -2.56. The maximum absolute atomic E-state index is 14.5. The molecular formula is C42H58N4O6. The van der Waals surface area contributed by atoms with Crippen LogP contribution in [0.5, 0.6) is 5.75 Å². The summed E-state index contributed by atoms with van der Waals surface area (Å²) in [5.41, 5.74) is 8.97. The smallest absolute Gasteiger partial charge is 0.407 e. The van der Waals surface area contributed by atoms with Crippen molar-refractivity contribution in [3.05, 3.63) is 58.7 Å². The summed E-state index contributed by atoms with van der Waals surface area (Å²) in [4.78, 5) is 54.4. The van der Waals surface area contributed by atoms with E-state index in [0.29, 0.717) is 31.5 Å². The van der Waals surface area contributed by atoms with E-state index in [1.165, 1.54) is 18.2 Å². The first kappa shape index (κ1) is 37.8. The molecule has 0 spiro atoms. The second-order valence-corrected chi connectivity index (χ2v) is 17.0. The van der Waals surface area contributed by atoms with Crippen LogP contribution >= 0.6 is 0 Å². The zero-order valence-electron chi connectivity index (χ0n) is 31.7. The molecule has 4 amide bonds. The number of benzene rings is 2. The largest absolute Gasteiger partial charge is 0.508 e. The van der Waals surface area contributed by atoms with Gasteiger partial charge in [-0.15, -0.1) is 0 Å². The number of methoxy groups -OCH3 is 1. The van der Waals surface area contributed by atoms with Crippen molar-refractivity contribution >= 4 is 29.5 Å². The van der Waals surface area contributed by atoms with Crippen molar-refractivity contribution in [3.63, 3.8) is 0 Å². The number of aryl methyl sites for hydroxylation is 2. The van der Waals surface area contributed by atoms with Gasteiger partial charge in [0.2, 0.25) is 17.7 Å². The molecule has 0 aliphatic heterocycles. The summed E-state index contributed by atoms with van der Waals surface area (Å²) >= 11 is 0. The summed E-state index contributed by atoms with van der Waals surface area (Å²) in [6.07, 6.45) is 9.53. The second-order valence-electron chi connectivity index (χ2n) is 17.0. The highest BCUT2D eigenvalue weighted by molar-refractivity contribution is 6.01. The molecule has 10 heteroatoms. The number of hydrogen-bond acceptors (Lipinski definition) is 7. The number of rotatable bonds is 9. The highest BCUT2D eigenvalue weighted by atomic mass is 16.5. The number of fused-ring (bicyclic) bond motifs is 6. The minimum absolute atomic E-state index is 0.000959. The van der Waals surface area contributed by atoms with E-state index in [2.05, 4.69) is 42.8 Å². The number of nitrogens with two attached hydrogens (primary N) is 1. The quantitative estimate of drug-likeness (QED) is 0.146. The molecule has 0 radical (unpaired) electrons. The molecule has 7 atom stereocenters. The lowest BCUT2D eigenvalue weighted by atomic mass is 9.49. The molecule has 2 saturated carbocycles. The Morgan fingerprint density at radius 1 is 0.827 bits per heavy atom. The number of phenolic OH excluding ortho intramolecular Hbond substituents is 1. The maximum Gasteiger partial charge on any atom is 0.407 e. The molecule has 6 N–H and O–H groups in total. The number of imide groups is 1. The Balaban J connectivity index is 1.21. The number of amides is 4. The number of alkyl carbamates (subject to hydrolysis) is 1. The predicted molar refractivity (Wildman–Crippen MR) is 201 cm³/mol. The molecule has 10 nitrogen and oxygen atoms in total. The van der Waals surface area contributed by atoms with Gasteiger partial charge in [0.05, 0.1) is 17.9 Å². The number of hydrogen-bond donors (Lipinski definition) is 5. The van der Waals surface area contributed by atoms with Gasteiger partial charge in [0.25, 0.3) is 0 Å². The molecule has 4 aliphatic carbocycles. The van der Waals surface area contributed by atoms with Crippen molar-refractivity contribution < 1.29 is 29.0 Å². The van der Waals surface area contributed by atoms with Crippen molar-refractivity contribution in [2.24, 2.45) is 28.4 Å². The number of phenols is 1. The van der Waals surface area contributed by atoms with Gasteiger partial charge in [-0.3, -0.25) is 19.7 Å². The Hall–Kier alpha value is -3.92. The van der Waals surface area contributed by atoms with Crippen LogP contribution in [0.1, 0.15) is 121 Å². The van der Waals surface area contributed by atoms with Gasteiger partial charge in [-0.1, -0.05) is 52.7 Å². The fraction of sp³-hybridized carbons (Fsp3) is 0.619. The van der Waals surface area contributed by atoms with E-state index in [1.807, 2.05) is 31.2 Å². The fourth-order valence-electron chi connectivity index (χ4n) is 11.1. The summed E-state index contributed by atoms with van der Waals surface area (Å²) in [6.45, 7) is 9.08. The summed E-state index contributed by atoms with van der Waals surface area (Å²) < 4.78 is 4.76. The fourth-order valence-corrected chi connectivity index (χ4v) is 11.1. The minimum Gasteiger partial charge on any atom is -0.508 e. The van der Waals surface area contributed by atoms with Crippen LogP contribution in [0.3, 0.4) is 0 Å². The second kappa shape index (κ2) is 14.5. The summed E-state index contributed by atoms with van der Waals surface area (Å²) in [5.74, 6) is -0.372. The first-order valence-corrected chi connectivity index (χ1v) is 19.4. The molecule has 0 heterocycles. The van der Waals surface area contributed by atoms with Crippen molar-refractivity contribution in [2.45, 2.75) is 128 Å². The summed E-state index contributed by atoms with van der Waals surface area (Å²) in [5, 5.41) is 19.1. The molecule has 282 valence electrons. The van der Waals surface area contributed by atoms with Crippen LogP contribution in [0.15, 0.2) is 36.4 Å². The molecule has 0 saturated heterocycles. The Labute approximate surface area is 308 Å². The number of ether oxygens (including phenoxy) is 1. The van der Waals surface area contributed by atoms with Gasteiger partial charge < -0.3 is 26.2 Å². The molecule has 4 aliphatic rings. The van der Waals surface area contributed by atoms with Crippen molar-refractivity contribution in [3.8, 4) is 5.75 Å². The zero-order valence-corrected chi connectivity index (χ0v) is 31.7. The Bertz CT molecular complexity index is 1730. The van der Waals surface area contributed by atoms with Crippen LogP contribution < -0.4 is 21.7 Å². The molecule has 2 aromatic rings. The standard InChI is InChI=1S/C42H58N4O6/c1-39-19-8-21-41(3,36(49)46-37(50)42(4)22-9-20-40(2)31-25-29(47)16-12-27(31)14-18-34(40)42)33(39)17-13-26-11-15-28(24-30(26)39)44-35(48)32(10-6-7-23-43)45-38(51)52-5/h11-12,15-16,24-25,32-34,47H,6-10,13-14,17-23,43H2,1-5H3,(H,44,48)(H,45,51)(H,46,49,50)/t32-,33+,34+,39+,40+,41-,42-/m0/s1. The molecule has 2 fully saturated rings. The first-order chi connectivity index (χ1) is 24.7. The Kier molecular flexibility index (Phi) is 10.5. The van der Waals surface area contributed by atoms with Gasteiger partial charge in [-0.25, -0.2) is 4.79 Å². The number of unbranched alkanes of at least 4 members (excludes halogenated alkanes) is 1. The van der Waals surface area contributed by atoms with E-state index in [0.717, 1.165) is 75.3 Å². The van der Waals surface area contributed by atoms with Gasteiger partial charge in [-0.2, -0.15) is 0 Å². The molecule has 0 unspecified atom stereocenters. The Morgan fingerprint density at radius 3 is 1.94 bits per heavy atom. The van der Waals surface area contributed by atoms with E-state index in [9.17, 15) is 24.3 Å². The molecule has 0 aromatic heterocycles. The number of nitrogens with one attached hydrogen (secondary N) is 3. The average Bonchev–Trinajstić information content (AvgIpc) is 3.11. The third-order valence-corrected chi connectivity index (χ3v) is 14.0. The topological polar surface area (TPSA) is 160 Å². The highest BCUT2D eigenvalue weighted by Gasteiger charge is 2.58. The van der Waals surface area contributed by atoms with E-state index in [4.69, 9.17) is 10.5 Å². The van der Waals surface area contributed by atoms with Crippen molar-refractivity contribution in [1.82, 2.24) is 10.6 Å². The van der Waals surface area contributed by atoms with Crippen molar-refractivity contribution in [2.75, 3.05) is 19.0 Å². The summed E-state index contributed by atoms with van der Waals surface area (Å²) in [7, 11) is 1.27. The summed E-state index contributed by atoms with van der Waals surface area (Å²) in [6, 6.07) is 10.9. The van der Waals surface area contributed by atoms with Crippen LogP contribution in [0.4, 0.5) is 10.5 Å². The third kappa shape index (κ3) is 6.60. The number of carbonyl (C=O) groups excluding carboxylic acids is 4. The minimum atomic E-state index is -0.767. The number of carbonyl (C=O) groups is 4.